The Morgan fingerprint density at radius 1 is 1.44 bits per heavy atom. The number of nitrogens with zero attached hydrogens (tertiary/aromatic N) is 4. The van der Waals surface area contributed by atoms with Crippen molar-refractivity contribution in [1.29, 1.82) is 0 Å². The second kappa shape index (κ2) is 4.47. The minimum Gasteiger partial charge on any atom is -0.460 e. The van der Waals surface area contributed by atoms with E-state index < -0.39 is 5.97 Å². The molecule has 0 fully saturated rings. The van der Waals surface area contributed by atoms with Crippen molar-refractivity contribution in [3.8, 4) is 11.4 Å². The van der Waals surface area contributed by atoms with Crippen molar-refractivity contribution in [3.05, 3.63) is 24.5 Å². The van der Waals surface area contributed by atoms with Crippen molar-refractivity contribution >= 4 is 5.97 Å². The number of rotatable bonds is 3. The van der Waals surface area contributed by atoms with Crippen LogP contribution in [-0.2, 0) is 4.74 Å². The Kier molecular flexibility index (Phi) is 2.86. The van der Waals surface area contributed by atoms with Crippen LogP contribution < -0.4 is 0 Å². The molecule has 0 saturated heterocycles. The van der Waals surface area contributed by atoms with Crippen molar-refractivity contribution in [3.63, 3.8) is 0 Å². The highest BCUT2D eigenvalue weighted by molar-refractivity contribution is 5.85. The fourth-order valence-corrected chi connectivity index (χ4v) is 1.10. The van der Waals surface area contributed by atoms with Gasteiger partial charge in [0.1, 0.15) is 6.33 Å². The first kappa shape index (κ1) is 10.2. The molecule has 0 bridgehead atoms. The maximum atomic E-state index is 11.3. The number of aromatic amines is 1. The summed E-state index contributed by atoms with van der Waals surface area (Å²) in [6.07, 6.45) is 4.53. The number of ether oxygens (including phenoxy) is 1. The highest BCUT2D eigenvalue weighted by atomic mass is 16.5. The predicted octanol–water partition coefficient (Wildman–Crippen LogP) is 0.438. The second-order valence-corrected chi connectivity index (χ2v) is 2.86. The SMILES string of the molecule is CCOC(=O)c1nc(-c2cncnc2)n[nH]1. The molecule has 0 radical (unpaired) electrons. The van der Waals surface area contributed by atoms with Crippen molar-refractivity contribution in [2.24, 2.45) is 0 Å². The zero-order chi connectivity index (χ0) is 11.4. The first-order valence-electron chi connectivity index (χ1n) is 4.66. The number of H-pyrrole nitrogens is 1. The summed E-state index contributed by atoms with van der Waals surface area (Å²) in [5.74, 6) is -0.0949. The number of hydrogen-bond acceptors (Lipinski definition) is 6. The molecule has 0 aliphatic rings. The summed E-state index contributed by atoms with van der Waals surface area (Å²) in [6.45, 7) is 2.02. The lowest BCUT2D eigenvalue weighted by atomic mass is 10.3. The maximum absolute atomic E-state index is 11.3. The molecule has 0 atom stereocenters. The van der Waals surface area contributed by atoms with Crippen molar-refractivity contribution < 1.29 is 9.53 Å². The number of carbonyl (C=O) groups excluding carboxylic acids is 1. The first-order chi connectivity index (χ1) is 7.81. The second-order valence-electron chi connectivity index (χ2n) is 2.86. The van der Waals surface area contributed by atoms with Gasteiger partial charge in [-0.2, -0.15) is 5.10 Å². The monoisotopic (exact) mass is 219 g/mol. The van der Waals surface area contributed by atoms with Gasteiger partial charge in [-0.15, -0.1) is 0 Å². The molecule has 2 heterocycles. The number of aromatic nitrogens is 5. The third-order valence-corrected chi connectivity index (χ3v) is 1.77. The van der Waals surface area contributed by atoms with Crippen LogP contribution in [0, 0.1) is 0 Å². The van der Waals surface area contributed by atoms with E-state index in [0.717, 1.165) is 0 Å². The Bertz CT molecular complexity index is 482. The van der Waals surface area contributed by atoms with E-state index in [2.05, 4.69) is 25.1 Å². The third kappa shape index (κ3) is 2.02. The highest BCUT2D eigenvalue weighted by Gasteiger charge is 2.13. The largest absolute Gasteiger partial charge is 0.460 e. The number of hydrogen-bond donors (Lipinski definition) is 1. The van der Waals surface area contributed by atoms with Gasteiger partial charge in [-0.3, -0.25) is 5.10 Å². The summed E-state index contributed by atoms with van der Waals surface area (Å²) in [6, 6.07) is 0. The van der Waals surface area contributed by atoms with Gasteiger partial charge in [0.25, 0.3) is 0 Å². The van der Waals surface area contributed by atoms with Gasteiger partial charge in [0.2, 0.25) is 5.82 Å². The van der Waals surface area contributed by atoms with E-state index in [1.807, 2.05) is 0 Å². The average molecular weight is 219 g/mol. The molecule has 16 heavy (non-hydrogen) atoms. The molecule has 0 spiro atoms. The molecule has 0 unspecified atom stereocenters. The zero-order valence-corrected chi connectivity index (χ0v) is 8.54. The van der Waals surface area contributed by atoms with Crippen LogP contribution in [0.15, 0.2) is 18.7 Å². The Labute approximate surface area is 90.9 Å². The van der Waals surface area contributed by atoms with E-state index in [9.17, 15) is 4.79 Å². The molecule has 7 nitrogen and oxygen atoms in total. The first-order valence-corrected chi connectivity index (χ1v) is 4.66. The Balaban J connectivity index is 2.23. The topological polar surface area (TPSA) is 93.7 Å². The van der Waals surface area contributed by atoms with Crippen LogP contribution in [0.4, 0.5) is 0 Å². The molecule has 7 heteroatoms. The minimum absolute atomic E-state index is 0.0701. The number of carbonyl (C=O) groups is 1. The molecule has 0 amide bonds. The van der Waals surface area contributed by atoms with E-state index in [-0.39, 0.29) is 5.82 Å². The normalized spacial score (nSPS) is 10.1. The van der Waals surface area contributed by atoms with Crippen molar-refractivity contribution in [2.75, 3.05) is 6.61 Å². The third-order valence-electron chi connectivity index (χ3n) is 1.77. The minimum atomic E-state index is -0.530. The molecule has 2 aromatic rings. The quantitative estimate of drug-likeness (QED) is 0.752. The summed E-state index contributed by atoms with van der Waals surface area (Å²) in [4.78, 5) is 22.9. The summed E-state index contributed by atoms with van der Waals surface area (Å²) < 4.78 is 4.77. The van der Waals surface area contributed by atoms with Crippen molar-refractivity contribution in [1.82, 2.24) is 25.1 Å². The van der Waals surface area contributed by atoms with Gasteiger partial charge in [-0.05, 0) is 6.92 Å². The molecule has 0 aliphatic carbocycles. The molecule has 0 aromatic carbocycles. The van der Waals surface area contributed by atoms with Gasteiger partial charge in [0.05, 0.1) is 12.2 Å². The molecule has 82 valence electrons. The van der Waals surface area contributed by atoms with Gasteiger partial charge in [-0.25, -0.2) is 19.7 Å². The molecular weight excluding hydrogens is 210 g/mol. The van der Waals surface area contributed by atoms with Gasteiger partial charge in [0, 0.05) is 12.4 Å². The van der Waals surface area contributed by atoms with Crippen LogP contribution >= 0.6 is 0 Å². The Hall–Kier alpha value is -2.31. The Morgan fingerprint density at radius 3 is 2.88 bits per heavy atom. The summed E-state index contributed by atoms with van der Waals surface area (Å²) in [5, 5.41) is 6.37. The molecule has 0 aliphatic heterocycles. The van der Waals surface area contributed by atoms with Crippen LogP contribution in [0.3, 0.4) is 0 Å². The van der Waals surface area contributed by atoms with E-state index in [4.69, 9.17) is 4.74 Å². The molecule has 0 saturated carbocycles. The summed E-state index contributed by atoms with van der Waals surface area (Å²) in [7, 11) is 0. The van der Waals surface area contributed by atoms with E-state index >= 15 is 0 Å². The lowest BCUT2D eigenvalue weighted by molar-refractivity contribution is 0.0512. The molecule has 2 aromatic heterocycles. The van der Waals surface area contributed by atoms with E-state index in [1.165, 1.54) is 6.33 Å². The van der Waals surface area contributed by atoms with Crippen LogP contribution in [0.25, 0.3) is 11.4 Å². The van der Waals surface area contributed by atoms with Crippen LogP contribution in [-0.4, -0.2) is 37.7 Å². The van der Waals surface area contributed by atoms with Gasteiger partial charge >= 0.3 is 5.97 Å². The van der Waals surface area contributed by atoms with Crippen LogP contribution in [0.1, 0.15) is 17.5 Å². The molecular formula is C9H9N5O2. The fourth-order valence-electron chi connectivity index (χ4n) is 1.10. The average Bonchev–Trinajstić information content (AvgIpc) is 2.80. The van der Waals surface area contributed by atoms with Crippen LogP contribution in [0.5, 0.6) is 0 Å². The lowest BCUT2D eigenvalue weighted by Gasteiger charge is -1.95. The number of esters is 1. The van der Waals surface area contributed by atoms with Crippen LogP contribution in [0.2, 0.25) is 0 Å². The van der Waals surface area contributed by atoms with Gasteiger partial charge in [0.15, 0.2) is 5.82 Å². The molecule has 2 rings (SSSR count). The molecule has 1 N–H and O–H groups in total. The van der Waals surface area contributed by atoms with Gasteiger partial charge < -0.3 is 4.74 Å². The van der Waals surface area contributed by atoms with Crippen molar-refractivity contribution in [2.45, 2.75) is 6.92 Å². The maximum Gasteiger partial charge on any atom is 0.375 e. The fraction of sp³-hybridized carbons (Fsp3) is 0.222. The predicted molar refractivity (Wildman–Crippen MR) is 53.4 cm³/mol. The summed E-state index contributed by atoms with van der Waals surface area (Å²) >= 11 is 0. The number of nitrogens with one attached hydrogen (secondary N) is 1. The van der Waals surface area contributed by atoms with Gasteiger partial charge in [-0.1, -0.05) is 0 Å². The zero-order valence-electron chi connectivity index (χ0n) is 8.54. The lowest BCUT2D eigenvalue weighted by Crippen LogP contribution is -2.06. The van der Waals surface area contributed by atoms with E-state index in [0.29, 0.717) is 18.0 Å². The summed E-state index contributed by atoms with van der Waals surface area (Å²) in [5.41, 5.74) is 0.634. The standard InChI is InChI=1S/C9H9N5O2/c1-2-16-9(15)8-12-7(13-14-8)6-3-10-5-11-4-6/h3-5H,2H2,1H3,(H,12,13,14). The van der Waals surface area contributed by atoms with E-state index in [1.54, 1.807) is 19.3 Å². The smallest absolute Gasteiger partial charge is 0.375 e. The Morgan fingerprint density at radius 2 is 2.19 bits per heavy atom. The highest BCUT2D eigenvalue weighted by Crippen LogP contribution is 2.10.